The largest absolute Gasteiger partial charge is 0.494 e. The highest BCUT2D eigenvalue weighted by atomic mass is 16.5. The number of amides is 1. The molecule has 0 aromatic heterocycles. The number of likely N-dealkylation sites (tertiary alicyclic amines) is 1. The minimum Gasteiger partial charge on any atom is -0.494 e. The van der Waals surface area contributed by atoms with Crippen LogP contribution in [0.3, 0.4) is 0 Å². The average Bonchev–Trinajstić information content (AvgIpc) is 2.57. The van der Waals surface area contributed by atoms with Gasteiger partial charge in [-0.2, -0.15) is 0 Å². The number of ether oxygens (including phenoxy) is 2. The van der Waals surface area contributed by atoms with E-state index in [2.05, 4.69) is 22.3 Å². The van der Waals surface area contributed by atoms with E-state index >= 15 is 0 Å². The zero-order valence-electron chi connectivity index (χ0n) is 14.4. The van der Waals surface area contributed by atoms with Crippen molar-refractivity contribution >= 4 is 5.91 Å². The zero-order chi connectivity index (χ0) is 17.2. The first-order valence-corrected chi connectivity index (χ1v) is 8.55. The molecule has 0 atom stereocenters. The van der Waals surface area contributed by atoms with Gasteiger partial charge in [-0.1, -0.05) is 12.1 Å². The summed E-state index contributed by atoms with van der Waals surface area (Å²) in [6, 6.07) is 8.12. The molecule has 2 N–H and O–H groups in total. The minimum absolute atomic E-state index is 0.0937. The van der Waals surface area contributed by atoms with Crippen LogP contribution in [0, 0.1) is 0 Å². The molecule has 134 valence electrons. The number of piperidine rings is 1. The van der Waals surface area contributed by atoms with E-state index in [0.29, 0.717) is 13.2 Å². The van der Waals surface area contributed by atoms with Crippen LogP contribution in [0.2, 0.25) is 0 Å². The van der Waals surface area contributed by atoms with Crippen LogP contribution in [-0.2, 0) is 16.1 Å². The number of nitrogens with one attached hydrogen (secondary N) is 1. The maximum atomic E-state index is 11.2. The lowest BCUT2D eigenvalue weighted by molar-refractivity contribution is -0.124. The second-order valence-corrected chi connectivity index (χ2v) is 6.14. The monoisotopic (exact) mass is 336 g/mol. The van der Waals surface area contributed by atoms with E-state index in [1.807, 2.05) is 12.1 Å². The number of nitrogens with zero attached hydrogens (tertiary/aromatic N) is 1. The van der Waals surface area contributed by atoms with Gasteiger partial charge < -0.3 is 19.9 Å². The first-order chi connectivity index (χ1) is 11.7. The summed E-state index contributed by atoms with van der Waals surface area (Å²) in [7, 11) is 1.50. The Morgan fingerprint density at radius 2 is 2.17 bits per heavy atom. The summed E-state index contributed by atoms with van der Waals surface area (Å²) in [6.45, 7) is 4.00. The summed E-state index contributed by atoms with van der Waals surface area (Å²) in [4.78, 5) is 13.6. The van der Waals surface area contributed by atoms with Gasteiger partial charge in [0.15, 0.2) is 0 Å². The van der Waals surface area contributed by atoms with Gasteiger partial charge >= 0.3 is 0 Å². The predicted molar refractivity (Wildman–Crippen MR) is 92.0 cm³/mol. The van der Waals surface area contributed by atoms with Crippen LogP contribution >= 0.6 is 0 Å². The van der Waals surface area contributed by atoms with Gasteiger partial charge in [0.2, 0.25) is 5.91 Å². The number of hydrogen-bond donors (Lipinski definition) is 2. The van der Waals surface area contributed by atoms with Crippen molar-refractivity contribution in [3.05, 3.63) is 29.8 Å². The number of hydrogen-bond acceptors (Lipinski definition) is 5. The van der Waals surface area contributed by atoms with E-state index in [1.54, 1.807) is 0 Å². The summed E-state index contributed by atoms with van der Waals surface area (Å²) >= 11 is 0. The highest BCUT2D eigenvalue weighted by Crippen LogP contribution is 2.18. The van der Waals surface area contributed by atoms with Gasteiger partial charge in [0.05, 0.1) is 12.7 Å². The zero-order valence-corrected chi connectivity index (χ0v) is 14.4. The molecule has 1 heterocycles. The molecule has 0 aliphatic carbocycles. The second-order valence-electron chi connectivity index (χ2n) is 6.14. The third-order valence-electron chi connectivity index (χ3n) is 4.05. The first kappa shape index (κ1) is 18.7. The Morgan fingerprint density at radius 3 is 2.92 bits per heavy atom. The molecule has 24 heavy (non-hydrogen) atoms. The maximum absolute atomic E-state index is 11.2. The third kappa shape index (κ3) is 6.86. The molecule has 6 nitrogen and oxygen atoms in total. The van der Waals surface area contributed by atoms with Gasteiger partial charge in [0.1, 0.15) is 12.4 Å². The molecule has 0 radical (unpaired) electrons. The van der Waals surface area contributed by atoms with Gasteiger partial charge in [0, 0.05) is 33.3 Å². The first-order valence-electron chi connectivity index (χ1n) is 8.55. The number of rotatable bonds is 9. The molecule has 1 fully saturated rings. The summed E-state index contributed by atoms with van der Waals surface area (Å²) in [5, 5.41) is 12.3. The molecule has 1 aromatic carbocycles. The number of methoxy groups -OCH3 is 1. The number of carbonyl (C=O) groups is 1. The molecule has 0 saturated carbocycles. The second kappa shape index (κ2) is 10.3. The molecule has 0 spiro atoms. The molecule has 1 aliphatic heterocycles. The minimum atomic E-state index is -0.139. The van der Waals surface area contributed by atoms with E-state index in [-0.39, 0.29) is 18.6 Å². The van der Waals surface area contributed by atoms with Gasteiger partial charge in [0.25, 0.3) is 0 Å². The Morgan fingerprint density at radius 1 is 1.38 bits per heavy atom. The van der Waals surface area contributed by atoms with E-state index in [9.17, 15) is 9.90 Å². The van der Waals surface area contributed by atoms with E-state index in [1.165, 1.54) is 12.7 Å². The van der Waals surface area contributed by atoms with Crippen molar-refractivity contribution in [1.29, 1.82) is 0 Å². The normalized spacial score (nSPS) is 16.1. The van der Waals surface area contributed by atoms with Crippen LogP contribution in [0.15, 0.2) is 24.3 Å². The molecule has 0 bridgehead atoms. The number of benzene rings is 1. The van der Waals surface area contributed by atoms with Gasteiger partial charge in [-0.05, 0) is 37.0 Å². The van der Waals surface area contributed by atoms with E-state index < -0.39 is 0 Å². The van der Waals surface area contributed by atoms with Crippen LogP contribution in [0.4, 0.5) is 0 Å². The molecule has 0 unspecified atom stereocenters. The Kier molecular flexibility index (Phi) is 8.01. The summed E-state index contributed by atoms with van der Waals surface area (Å²) in [6.07, 6.45) is 2.32. The smallest absolute Gasteiger partial charge is 0.245 e. The van der Waals surface area contributed by atoms with Crippen molar-refractivity contribution in [3.63, 3.8) is 0 Å². The van der Waals surface area contributed by atoms with Crippen molar-refractivity contribution in [2.75, 3.05) is 40.0 Å². The Labute approximate surface area is 143 Å². The maximum Gasteiger partial charge on any atom is 0.245 e. The quantitative estimate of drug-likeness (QED) is 0.663. The molecule has 2 rings (SSSR count). The van der Waals surface area contributed by atoms with Crippen LogP contribution in [-0.4, -0.2) is 62.0 Å². The fourth-order valence-corrected chi connectivity index (χ4v) is 2.74. The SMILES string of the molecule is COCC(=O)NCCCOc1cccc(CN2CCC(O)CC2)c1. The van der Waals surface area contributed by atoms with Crippen molar-refractivity contribution in [1.82, 2.24) is 10.2 Å². The molecular weight excluding hydrogens is 308 g/mol. The molecule has 6 heteroatoms. The Balaban J connectivity index is 1.67. The van der Waals surface area contributed by atoms with Crippen molar-refractivity contribution in [2.45, 2.75) is 31.9 Å². The Bertz CT molecular complexity index is 502. The Hall–Kier alpha value is -1.63. The van der Waals surface area contributed by atoms with Crippen LogP contribution in [0.5, 0.6) is 5.75 Å². The summed E-state index contributed by atoms with van der Waals surface area (Å²) in [5.74, 6) is 0.749. The van der Waals surface area contributed by atoms with Crippen LogP contribution in [0.1, 0.15) is 24.8 Å². The van der Waals surface area contributed by atoms with Gasteiger partial charge in [-0.3, -0.25) is 9.69 Å². The standard InChI is InChI=1S/C18H28N2O4/c1-23-14-18(22)19-8-3-11-24-17-5-2-4-15(12-17)13-20-9-6-16(21)7-10-20/h2,4-5,12,16,21H,3,6-11,13-14H2,1H3,(H,19,22). The predicted octanol–water partition coefficient (Wildman–Crippen LogP) is 1.17. The average molecular weight is 336 g/mol. The molecule has 1 aromatic rings. The molecule has 1 amide bonds. The van der Waals surface area contributed by atoms with Crippen molar-refractivity contribution in [2.24, 2.45) is 0 Å². The van der Waals surface area contributed by atoms with E-state index in [4.69, 9.17) is 9.47 Å². The highest BCUT2D eigenvalue weighted by molar-refractivity contribution is 5.77. The van der Waals surface area contributed by atoms with Crippen molar-refractivity contribution in [3.8, 4) is 5.75 Å². The van der Waals surface area contributed by atoms with E-state index in [0.717, 1.165) is 44.6 Å². The lowest BCUT2D eigenvalue weighted by Crippen LogP contribution is -2.35. The summed E-state index contributed by atoms with van der Waals surface area (Å²) < 4.78 is 10.5. The van der Waals surface area contributed by atoms with Crippen molar-refractivity contribution < 1.29 is 19.4 Å². The number of aliphatic hydroxyl groups is 1. The molecule has 1 aliphatic rings. The molecule has 1 saturated heterocycles. The topological polar surface area (TPSA) is 71.0 Å². The fraction of sp³-hybridized carbons (Fsp3) is 0.611. The van der Waals surface area contributed by atoms with Crippen LogP contribution < -0.4 is 10.1 Å². The highest BCUT2D eigenvalue weighted by Gasteiger charge is 2.16. The van der Waals surface area contributed by atoms with Crippen LogP contribution in [0.25, 0.3) is 0 Å². The fourth-order valence-electron chi connectivity index (χ4n) is 2.74. The lowest BCUT2D eigenvalue weighted by Gasteiger charge is -2.29. The number of aliphatic hydroxyl groups excluding tert-OH is 1. The summed E-state index contributed by atoms with van der Waals surface area (Å²) in [5.41, 5.74) is 1.22. The van der Waals surface area contributed by atoms with Gasteiger partial charge in [-0.15, -0.1) is 0 Å². The van der Waals surface area contributed by atoms with Gasteiger partial charge in [-0.25, -0.2) is 0 Å². The third-order valence-corrected chi connectivity index (χ3v) is 4.05. The molecular formula is C18H28N2O4. The lowest BCUT2D eigenvalue weighted by atomic mass is 10.1. The number of carbonyl (C=O) groups excluding carboxylic acids is 1.